The molecule has 0 saturated heterocycles. The van der Waals surface area contributed by atoms with Gasteiger partial charge in [-0.15, -0.1) is 0 Å². The van der Waals surface area contributed by atoms with Crippen molar-refractivity contribution in [2.75, 3.05) is 13.2 Å². The molecule has 0 atom stereocenters. The van der Waals surface area contributed by atoms with Gasteiger partial charge in [0.1, 0.15) is 0 Å². The van der Waals surface area contributed by atoms with Crippen molar-refractivity contribution >= 4 is 11.9 Å². The fraction of sp³-hybridized carbons (Fsp3) is 0.846. The number of carbonyl (C=O) groups is 2. The minimum atomic E-state index is -0.339. The van der Waals surface area contributed by atoms with E-state index < -0.39 is 0 Å². The molecule has 176 valence electrons. The number of carbonyl (C=O) groups excluding carboxylic acids is 2. The summed E-state index contributed by atoms with van der Waals surface area (Å²) in [4.78, 5) is 25.2. The van der Waals surface area contributed by atoms with Crippen LogP contribution in [-0.4, -0.2) is 25.2 Å². The van der Waals surface area contributed by atoms with Gasteiger partial charge in [-0.25, -0.2) is 9.59 Å². The third-order valence-electron chi connectivity index (χ3n) is 5.47. The molecule has 0 aromatic rings. The van der Waals surface area contributed by atoms with Gasteiger partial charge < -0.3 is 9.47 Å². The Morgan fingerprint density at radius 1 is 0.467 bits per heavy atom. The van der Waals surface area contributed by atoms with Crippen LogP contribution in [0.25, 0.3) is 0 Å². The summed E-state index contributed by atoms with van der Waals surface area (Å²) in [6.07, 6.45) is 17.7. The Labute approximate surface area is 186 Å². The maximum atomic E-state index is 12.6. The first-order valence-electron chi connectivity index (χ1n) is 12.7. The van der Waals surface area contributed by atoms with Gasteiger partial charge in [-0.05, 0) is 39.5 Å². The monoisotopic (exact) mass is 424 g/mol. The molecular weight excluding hydrogens is 376 g/mol. The normalized spacial score (nSPS) is 11.9. The van der Waals surface area contributed by atoms with Gasteiger partial charge >= 0.3 is 11.9 Å². The van der Waals surface area contributed by atoms with Crippen LogP contribution in [-0.2, 0) is 19.1 Å². The Kier molecular flexibility index (Phi) is 20.0. The lowest BCUT2D eigenvalue weighted by atomic mass is 9.96. The lowest BCUT2D eigenvalue weighted by Crippen LogP contribution is -2.17. The van der Waals surface area contributed by atoms with Gasteiger partial charge in [0.2, 0.25) is 0 Å². The van der Waals surface area contributed by atoms with E-state index in [1.165, 1.54) is 64.2 Å². The third kappa shape index (κ3) is 14.6. The summed E-state index contributed by atoms with van der Waals surface area (Å²) in [6, 6.07) is 0. The number of ether oxygens (including phenoxy) is 2. The number of hydrogen-bond acceptors (Lipinski definition) is 4. The van der Waals surface area contributed by atoms with E-state index in [-0.39, 0.29) is 11.9 Å². The van der Waals surface area contributed by atoms with Gasteiger partial charge in [0, 0.05) is 11.1 Å². The third-order valence-corrected chi connectivity index (χ3v) is 5.47. The van der Waals surface area contributed by atoms with Crippen molar-refractivity contribution in [1.29, 1.82) is 0 Å². The van der Waals surface area contributed by atoms with Crippen LogP contribution in [0.2, 0.25) is 0 Å². The van der Waals surface area contributed by atoms with Crippen LogP contribution in [0.3, 0.4) is 0 Å². The summed E-state index contributed by atoms with van der Waals surface area (Å²) in [5, 5.41) is 0. The molecule has 0 aliphatic rings. The van der Waals surface area contributed by atoms with Crippen molar-refractivity contribution < 1.29 is 19.1 Å². The predicted molar refractivity (Wildman–Crippen MR) is 126 cm³/mol. The number of hydrogen-bond donors (Lipinski definition) is 0. The number of unbranched alkanes of at least 4 members (excludes halogenated alkanes) is 12. The van der Waals surface area contributed by atoms with E-state index in [0.29, 0.717) is 37.2 Å². The predicted octanol–water partition coefficient (Wildman–Crippen LogP) is 7.69. The van der Waals surface area contributed by atoms with Crippen LogP contribution in [0.4, 0.5) is 0 Å². The van der Waals surface area contributed by atoms with Gasteiger partial charge in [-0.2, -0.15) is 0 Å². The van der Waals surface area contributed by atoms with Gasteiger partial charge in [0.25, 0.3) is 0 Å². The minimum Gasteiger partial charge on any atom is -0.463 e. The fourth-order valence-corrected chi connectivity index (χ4v) is 3.71. The zero-order valence-corrected chi connectivity index (χ0v) is 20.4. The van der Waals surface area contributed by atoms with Crippen LogP contribution in [0.5, 0.6) is 0 Å². The number of esters is 2. The van der Waals surface area contributed by atoms with E-state index in [1.807, 2.05) is 13.8 Å². The molecule has 0 fully saturated rings. The summed E-state index contributed by atoms with van der Waals surface area (Å²) in [5.74, 6) is -0.678. The van der Waals surface area contributed by atoms with Crippen molar-refractivity contribution in [3.63, 3.8) is 0 Å². The molecule has 0 rings (SSSR count). The van der Waals surface area contributed by atoms with Crippen LogP contribution >= 0.6 is 0 Å². The minimum absolute atomic E-state index is 0.326. The summed E-state index contributed by atoms with van der Waals surface area (Å²) in [5.41, 5.74) is 1.10. The quantitative estimate of drug-likeness (QED) is 0.114. The van der Waals surface area contributed by atoms with E-state index in [1.54, 1.807) is 0 Å². The Hall–Kier alpha value is -1.32. The fourth-order valence-electron chi connectivity index (χ4n) is 3.71. The molecular formula is C26H48O4. The van der Waals surface area contributed by atoms with Crippen LogP contribution in [0.15, 0.2) is 11.1 Å². The van der Waals surface area contributed by atoms with Gasteiger partial charge in [-0.1, -0.05) is 90.9 Å². The first-order chi connectivity index (χ1) is 14.6. The average molecular weight is 425 g/mol. The second-order valence-corrected chi connectivity index (χ2v) is 8.14. The highest BCUT2D eigenvalue weighted by molar-refractivity contribution is 6.00. The summed E-state index contributed by atoms with van der Waals surface area (Å²) < 4.78 is 10.6. The summed E-state index contributed by atoms with van der Waals surface area (Å²) in [7, 11) is 0. The summed E-state index contributed by atoms with van der Waals surface area (Å²) in [6.45, 7) is 8.71. The molecule has 0 spiro atoms. The molecule has 4 nitrogen and oxygen atoms in total. The first kappa shape index (κ1) is 28.7. The Morgan fingerprint density at radius 3 is 1.07 bits per heavy atom. The molecule has 0 radical (unpaired) electrons. The molecule has 0 amide bonds. The smallest absolute Gasteiger partial charge is 0.334 e. The maximum Gasteiger partial charge on any atom is 0.334 e. The standard InChI is InChI=1S/C26H48O4/c1-5-9-11-13-15-16-18-20-22-24(26(28)30-8-4)23(25(27)29-7-3)21-19-17-14-12-10-6-2/h5-22H2,1-4H3. The molecule has 0 aromatic heterocycles. The van der Waals surface area contributed by atoms with Crippen molar-refractivity contribution in [3.05, 3.63) is 11.1 Å². The highest BCUT2D eigenvalue weighted by Crippen LogP contribution is 2.23. The second kappa shape index (κ2) is 20.9. The number of rotatable bonds is 20. The molecule has 0 saturated carbocycles. The van der Waals surface area contributed by atoms with Crippen molar-refractivity contribution in [2.24, 2.45) is 0 Å². The summed E-state index contributed by atoms with van der Waals surface area (Å²) >= 11 is 0. The molecule has 0 aromatic carbocycles. The molecule has 4 heteroatoms. The highest BCUT2D eigenvalue weighted by Gasteiger charge is 2.22. The topological polar surface area (TPSA) is 52.6 Å². The zero-order chi connectivity index (χ0) is 22.5. The highest BCUT2D eigenvalue weighted by atomic mass is 16.5. The second-order valence-electron chi connectivity index (χ2n) is 8.14. The first-order valence-corrected chi connectivity index (χ1v) is 12.7. The van der Waals surface area contributed by atoms with Crippen LogP contribution < -0.4 is 0 Å². The van der Waals surface area contributed by atoms with Crippen molar-refractivity contribution in [3.8, 4) is 0 Å². The van der Waals surface area contributed by atoms with E-state index in [0.717, 1.165) is 25.7 Å². The average Bonchev–Trinajstić information content (AvgIpc) is 2.73. The molecule has 30 heavy (non-hydrogen) atoms. The van der Waals surface area contributed by atoms with Crippen LogP contribution in [0.1, 0.15) is 130 Å². The van der Waals surface area contributed by atoms with E-state index in [4.69, 9.17) is 9.47 Å². The molecule has 0 aliphatic carbocycles. The Morgan fingerprint density at radius 2 is 0.767 bits per heavy atom. The molecule has 0 heterocycles. The van der Waals surface area contributed by atoms with E-state index >= 15 is 0 Å². The van der Waals surface area contributed by atoms with Gasteiger partial charge in [0.15, 0.2) is 0 Å². The molecule has 0 unspecified atom stereocenters. The molecule has 0 bridgehead atoms. The van der Waals surface area contributed by atoms with E-state index in [9.17, 15) is 9.59 Å². The Bertz CT molecular complexity index is 468. The lowest BCUT2D eigenvalue weighted by molar-refractivity contribution is -0.142. The van der Waals surface area contributed by atoms with Crippen LogP contribution in [0, 0.1) is 0 Å². The van der Waals surface area contributed by atoms with Gasteiger partial charge in [-0.3, -0.25) is 0 Å². The maximum absolute atomic E-state index is 12.6. The van der Waals surface area contributed by atoms with E-state index in [2.05, 4.69) is 13.8 Å². The lowest BCUT2D eigenvalue weighted by Gasteiger charge is -2.14. The zero-order valence-electron chi connectivity index (χ0n) is 20.4. The largest absolute Gasteiger partial charge is 0.463 e. The van der Waals surface area contributed by atoms with Gasteiger partial charge in [0.05, 0.1) is 13.2 Å². The molecule has 0 aliphatic heterocycles. The van der Waals surface area contributed by atoms with Crippen molar-refractivity contribution in [2.45, 2.75) is 130 Å². The van der Waals surface area contributed by atoms with Crippen molar-refractivity contribution in [1.82, 2.24) is 0 Å². The SMILES string of the molecule is CCCCCCCCCCC(C(=O)OCC)=C(CCCCCCCC)C(=O)OCC. The Balaban J connectivity index is 4.89. The molecule has 0 N–H and O–H groups in total.